The molecule has 1 aliphatic carbocycles. The number of alkyl carbamates (subject to hydrolysis) is 1. The summed E-state index contributed by atoms with van der Waals surface area (Å²) >= 11 is 1.27. The number of thiazole rings is 1. The van der Waals surface area contributed by atoms with Crippen molar-refractivity contribution < 1.29 is 24.2 Å². The van der Waals surface area contributed by atoms with Gasteiger partial charge in [-0.3, -0.25) is 9.59 Å². The molecule has 1 atom stereocenters. The average molecular weight is 466 g/mol. The van der Waals surface area contributed by atoms with Crippen LogP contribution in [0, 0.1) is 0 Å². The Labute approximate surface area is 194 Å². The fraction of sp³-hybridized carbons (Fsp3) is 0.250. The van der Waals surface area contributed by atoms with Crippen LogP contribution >= 0.6 is 11.3 Å². The molecule has 2 amide bonds. The van der Waals surface area contributed by atoms with Crippen molar-refractivity contribution in [2.24, 2.45) is 0 Å². The number of carbonyl (C=O) groups is 3. The van der Waals surface area contributed by atoms with Crippen LogP contribution in [0.3, 0.4) is 0 Å². The van der Waals surface area contributed by atoms with Gasteiger partial charge in [0, 0.05) is 11.3 Å². The van der Waals surface area contributed by atoms with Gasteiger partial charge in [-0.1, -0.05) is 48.5 Å². The van der Waals surface area contributed by atoms with Crippen molar-refractivity contribution in [3.63, 3.8) is 0 Å². The number of ether oxygens (including phenoxy) is 1. The molecule has 0 saturated heterocycles. The first-order chi connectivity index (χ1) is 15.9. The minimum Gasteiger partial charge on any atom is -0.481 e. The number of aliphatic carboxylic acids is 1. The van der Waals surface area contributed by atoms with Gasteiger partial charge in [0.15, 0.2) is 0 Å². The maximum absolute atomic E-state index is 12.3. The highest BCUT2D eigenvalue weighted by Gasteiger charge is 2.29. The molecule has 9 heteroatoms. The predicted octanol–water partition coefficient (Wildman–Crippen LogP) is 3.31. The molecule has 0 bridgehead atoms. The van der Waals surface area contributed by atoms with Gasteiger partial charge >= 0.3 is 12.1 Å². The monoisotopic (exact) mass is 465 g/mol. The summed E-state index contributed by atoms with van der Waals surface area (Å²) in [5.41, 5.74) is 4.96. The molecule has 8 nitrogen and oxygen atoms in total. The summed E-state index contributed by atoms with van der Waals surface area (Å²) in [6, 6.07) is 15.3. The van der Waals surface area contributed by atoms with Crippen molar-refractivity contribution in [2.75, 3.05) is 6.61 Å². The third-order valence-corrected chi connectivity index (χ3v) is 6.31. The first-order valence-electron chi connectivity index (χ1n) is 10.5. The number of rotatable bonds is 8. The van der Waals surface area contributed by atoms with Crippen LogP contribution in [0.4, 0.5) is 4.79 Å². The van der Waals surface area contributed by atoms with Crippen LogP contribution in [0.25, 0.3) is 11.1 Å². The van der Waals surface area contributed by atoms with Crippen molar-refractivity contribution in [3.05, 3.63) is 75.7 Å². The molecule has 1 aromatic heterocycles. The molecule has 1 aliphatic rings. The number of amides is 2. The zero-order valence-electron chi connectivity index (χ0n) is 17.9. The Morgan fingerprint density at radius 3 is 2.36 bits per heavy atom. The molecule has 170 valence electrons. The lowest BCUT2D eigenvalue weighted by molar-refractivity contribution is -0.136. The van der Waals surface area contributed by atoms with Crippen molar-refractivity contribution in [1.82, 2.24) is 15.6 Å². The van der Waals surface area contributed by atoms with Crippen molar-refractivity contribution in [3.8, 4) is 11.1 Å². The lowest BCUT2D eigenvalue weighted by Gasteiger charge is -2.17. The second-order valence-electron chi connectivity index (χ2n) is 7.71. The third kappa shape index (κ3) is 5.20. The summed E-state index contributed by atoms with van der Waals surface area (Å²) in [6.45, 7) is 1.88. The van der Waals surface area contributed by atoms with Crippen LogP contribution in [-0.2, 0) is 27.3 Å². The average Bonchev–Trinajstić information content (AvgIpc) is 3.37. The Morgan fingerprint density at radius 1 is 1.09 bits per heavy atom. The van der Waals surface area contributed by atoms with E-state index in [1.165, 1.54) is 11.3 Å². The van der Waals surface area contributed by atoms with Gasteiger partial charge in [-0.2, -0.15) is 0 Å². The maximum atomic E-state index is 12.3. The van der Waals surface area contributed by atoms with E-state index in [0.29, 0.717) is 10.7 Å². The van der Waals surface area contributed by atoms with Gasteiger partial charge in [-0.05, 0) is 29.2 Å². The summed E-state index contributed by atoms with van der Waals surface area (Å²) in [5, 5.41) is 16.3. The van der Waals surface area contributed by atoms with E-state index in [1.54, 1.807) is 12.3 Å². The van der Waals surface area contributed by atoms with Gasteiger partial charge in [-0.15, -0.1) is 11.3 Å². The first kappa shape index (κ1) is 22.5. The van der Waals surface area contributed by atoms with Crippen LogP contribution in [0.2, 0.25) is 0 Å². The van der Waals surface area contributed by atoms with Crippen LogP contribution in [0.15, 0.2) is 53.9 Å². The topological polar surface area (TPSA) is 118 Å². The van der Waals surface area contributed by atoms with Gasteiger partial charge in [0.25, 0.3) is 0 Å². The molecule has 1 heterocycles. The number of benzene rings is 2. The standard InChI is InChI=1S/C24H23N3O5S/c1-14(23(30)25-11-21-27-15(13-33-21)10-22(28)29)26-24(31)32-12-20-18-8-4-2-6-16(18)17-7-3-5-9-19(17)20/h2-9,13-14,20H,10-12H2,1H3,(H,25,30)(H,26,31)(H,28,29)/t14-/m0/s1. The highest BCUT2D eigenvalue weighted by Crippen LogP contribution is 2.44. The SMILES string of the molecule is C[C@H](NC(=O)OCC1c2ccccc2-c2ccccc21)C(=O)NCc1nc(CC(=O)O)cs1. The van der Waals surface area contributed by atoms with Crippen molar-refractivity contribution >= 4 is 29.3 Å². The van der Waals surface area contributed by atoms with Gasteiger partial charge in [0.1, 0.15) is 17.7 Å². The number of carboxylic acid groups (broad SMARTS) is 1. The molecule has 3 aromatic rings. The quantitative estimate of drug-likeness (QED) is 0.470. The minimum absolute atomic E-state index is 0.0582. The predicted molar refractivity (Wildman–Crippen MR) is 123 cm³/mol. The zero-order chi connectivity index (χ0) is 23.4. The highest BCUT2D eigenvalue weighted by molar-refractivity contribution is 7.09. The first-order valence-corrected chi connectivity index (χ1v) is 11.3. The Kier molecular flexibility index (Phi) is 6.69. The van der Waals surface area contributed by atoms with Gasteiger partial charge in [-0.25, -0.2) is 9.78 Å². The van der Waals surface area contributed by atoms with Crippen LogP contribution < -0.4 is 10.6 Å². The van der Waals surface area contributed by atoms with E-state index in [-0.39, 0.29) is 25.5 Å². The number of fused-ring (bicyclic) bond motifs is 3. The fourth-order valence-corrected chi connectivity index (χ4v) is 4.60. The van der Waals surface area contributed by atoms with Crippen LogP contribution in [-0.4, -0.2) is 40.7 Å². The number of aromatic nitrogens is 1. The molecule has 4 rings (SSSR count). The summed E-state index contributed by atoms with van der Waals surface area (Å²) < 4.78 is 5.47. The molecular weight excluding hydrogens is 442 g/mol. The molecule has 2 aromatic carbocycles. The normalized spacial score (nSPS) is 13.0. The Balaban J connectivity index is 1.28. The molecule has 0 radical (unpaired) electrons. The third-order valence-electron chi connectivity index (χ3n) is 5.42. The Morgan fingerprint density at radius 2 is 1.73 bits per heavy atom. The van der Waals surface area contributed by atoms with Gasteiger partial charge in [0.2, 0.25) is 5.91 Å². The van der Waals surface area contributed by atoms with E-state index >= 15 is 0 Å². The second-order valence-corrected chi connectivity index (χ2v) is 8.66. The Hall–Kier alpha value is -3.72. The number of carboxylic acids is 1. The van der Waals surface area contributed by atoms with E-state index in [1.807, 2.05) is 36.4 Å². The molecule has 33 heavy (non-hydrogen) atoms. The molecule has 0 unspecified atom stereocenters. The highest BCUT2D eigenvalue weighted by atomic mass is 32.1. The number of carbonyl (C=O) groups excluding carboxylic acids is 2. The smallest absolute Gasteiger partial charge is 0.407 e. The molecule has 0 aliphatic heterocycles. The lowest BCUT2D eigenvalue weighted by Crippen LogP contribution is -2.45. The summed E-state index contributed by atoms with van der Waals surface area (Å²) in [4.78, 5) is 39.6. The van der Waals surface area contributed by atoms with E-state index in [4.69, 9.17) is 9.84 Å². The van der Waals surface area contributed by atoms with Crippen molar-refractivity contribution in [1.29, 1.82) is 0 Å². The van der Waals surface area contributed by atoms with E-state index in [0.717, 1.165) is 22.3 Å². The molecule has 0 fully saturated rings. The zero-order valence-corrected chi connectivity index (χ0v) is 18.7. The van der Waals surface area contributed by atoms with Gasteiger partial charge < -0.3 is 20.5 Å². The second kappa shape index (κ2) is 9.83. The Bertz CT molecular complexity index is 1150. The lowest BCUT2D eigenvalue weighted by atomic mass is 9.98. The van der Waals surface area contributed by atoms with E-state index in [2.05, 4.69) is 27.8 Å². The summed E-state index contributed by atoms with van der Waals surface area (Å²) in [5.74, 6) is -1.41. The van der Waals surface area contributed by atoms with E-state index in [9.17, 15) is 14.4 Å². The van der Waals surface area contributed by atoms with E-state index < -0.39 is 24.0 Å². The summed E-state index contributed by atoms with van der Waals surface area (Å²) in [6.07, 6.45) is -0.831. The number of nitrogens with one attached hydrogen (secondary N) is 2. The van der Waals surface area contributed by atoms with Crippen molar-refractivity contribution in [2.45, 2.75) is 31.8 Å². The van der Waals surface area contributed by atoms with Gasteiger partial charge in [0.05, 0.1) is 18.7 Å². The fourth-order valence-electron chi connectivity index (χ4n) is 3.86. The molecular formula is C24H23N3O5S. The number of hydrogen-bond donors (Lipinski definition) is 3. The van der Waals surface area contributed by atoms with Crippen LogP contribution in [0.1, 0.15) is 34.7 Å². The largest absolute Gasteiger partial charge is 0.481 e. The molecule has 0 spiro atoms. The molecule has 3 N–H and O–H groups in total. The molecule has 0 saturated carbocycles. The number of nitrogens with zero attached hydrogens (tertiary/aromatic N) is 1. The minimum atomic E-state index is -0.961. The summed E-state index contributed by atoms with van der Waals surface area (Å²) in [7, 11) is 0. The van der Waals surface area contributed by atoms with Crippen LogP contribution in [0.5, 0.6) is 0 Å². The number of hydrogen-bond acceptors (Lipinski definition) is 6. The maximum Gasteiger partial charge on any atom is 0.407 e.